The first kappa shape index (κ1) is 15.6. The highest BCUT2D eigenvalue weighted by Gasteiger charge is 2.23. The molecular formula is C21H16N4O2. The van der Waals surface area contributed by atoms with Crippen LogP contribution in [0.15, 0.2) is 66.9 Å². The fourth-order valence-corrected chi connectivity index (χ4v) is 3.30. The Morgan fingerprint density at radius 1 is 1.00 bits per heavy atom. The topological polar surface area (TPSA) is 59.7 Å². The maximum atomic E-state index is 12.0. The molecule has 2 aromatic carbocycles. The van der Waals surface area contributed by atoms with E-state index in [1.165, 1.54) is 0 Å². The first-order valence-corrected chi connectivity index (χ1v) is 8.65. The maximum absolute atomic E-state index is 12.0. The van der Waals surface area contributed by atoms with Crippen molar-refractivity contribution in [3.63, 3.8) is 0 Å². The number of nitrogens with zero attached hydrogens (tertiary/aromatic N) is 4. The Balaban J connectivity index is 1.66. The molecule has 1 aliphatic heterocycles. The largest absolute Gasteiger partial charge is 0.482 e. The number of carbonyl (C=O) groups is 1. The van der Waals surface area contributed by atoms with Gasteiger partial charge in [-0.25, -0.2) is 9.50 Å². The van der Waals surface area contributed by atoms with Gasteiger partial charge in [-0.2, -0.15) is 5.10 Å². The second-order valence-corrected chi connectivity index (χ2v) is 6.42. The second kappa shape index (κ2) is 5.95. The quantitative estimate of drug-likeness (QED) is 0.552. The molecule has 0 saturated carbocycles. The highest BCUT2D eigenvalue weighted by molar-refractivity contribution is 5.98. The number of benzene rings is 2. The van der Waals surface area contributed by atoms with E-state index in [-0.39, 0.29) is 12.5 Å². The normalized spacial score (nSPS) is 13.5. The van der Waals surface area contributed by atoms with Crippen LogP contribution in [0.2, 0.25) is 0 Å². The number of hydrogen-bond donors (Lipinski definition) is 0. The molecular weight excluding hydrogens is 340 g/mol. The van der Waals surface area contributed by atoms with Gasteiger partial charge in [-0.1, -0.05) is 30.3 Å². The van der Waals surface area contributed by atoms with Crippen LogP contribution in [-0.2, 0) is 4.79 Å². The molecule has 1 amide bonds. The summed E-state index contributed by atoms with van der Waals surface area (Å²) in [6.07, 6.45) is 1.77. The zero-order valence-corrected chi connectivity index (χ0v) is 14.7. The minimum absolute atomic E-state index is 0.0648. The summed E-state index contributed by atoms with van der Waals surface area (Å²) in [7, 11) is 1.76. The molecule has 6 nitrogen and oxygen atoms in total. The number of rotatable bonds is 2. The lowest BCUT2D eigenvalue weighted by Crippen LogP contribution is -2.35. The van der Waals surface area contributed by atoms with Crippen molar-refractivity contribution in [3.05, 3.63) is 66.9 Å². The lowest BCUT2D eigenvalue weighted by molar-refractivity contribution is -0.120. The Hall–Kier alpha value is -3.67. The molecule has 0 bridgehead atoms. The molecule has 0 aliphatic carbocycles. The molecule has 0 saturated heterocycles. The van der Waals surface area contributed by atoms with E-state index in [0.29, 0.717) is 5.75 Å². The van der Waals surface area contributed by atoms with Crippen LogP contribution < -0.4 is 9.64 Å². The van der Waals surface area contributed by atoms with Gasteiger partial charge in [-0.3, -0.25) is 4.79 Å². The molecule has 5 rings (SSSR count). The van der Waals surface area contributed by atoms with Crippen molar-refractivity contribution in [1.29, 1.82) is 0 Å². The third kappa shape index (κ3) is 2.54. The molecule has 6 heteroatoms. The third-order valence-electron chi connectivity index (χ3n) is 4.77. The van der Waals surface area contributed by atoms with E-state index in [2.05, 4.69) is 4.98 Å². The van der Waals surface area contributed by atoms with Gasteiger partial charge in [0.1, 0.15) is 5.75 Å². The number of ether oxygens (including phenoxy) is 1. The standard InChI is InChI=1S/C21H16N4O2/c1-24-18-11-15(7-8-19(18)27-13-21(24)26)17-9-10-22-20-12-16(23-25(17)20)14-5-3-2-4-6-14/h2-12H,13H2,1H3. The summed E-state index contributed by atoms with van der Waals surface area (Å²) in [6, 6.07) is 19.7. The van der Waals surface area contributed by atoms with E-state index < -0.39 is 0 Å². The predicted octanol–water partition coefficient (Wildman–Crippen LogP) is 3.42. The Bertz CT molecular complexity index is 1170. The monoisotopic (exact) mass is 356 g/mol. The van der Waals surface area contributed by atoms with Crippen molar-refractivity contribution in [3.8, 4) is 28.3 Å². The summed E-state index contributed by atoms with van der Waals surface area (Å²) < 4.78 is 7.35. The van der Waals surface area contributed by atoms with E-state index in [1.54, 1.807) is 18.1 Å². The Labute approximate surface area is 155 Å². The zero-order valence-electron chi connectivity index (χ0n) is 14.7. The molecule has 0 N–H and O–H groups in total. The Kier molecular flexibility index (Phi) is 3.43. The van der Waals surface area contributed by atoms with Crippen LogP contribution >= 0.6 is 0 Å². The molecule has 27 heavy (non-hydrogen) atoms. The van der Waals surface area contributed by atoms with Crippen molar-refractivity contribution in [2.45, 2.75) is 0 Å². The van der Waals surface area contributed by atoms with E-state index in [9.17, 15) is 4.79 Å². The van der Waals surface area contributed by atoms with Crippen molar-refractivity contribution in [1.82, 2.24) is 14.6 Å². The molecule has 4 aromatic rings. The van der Waals surface area contributed by atoms with Crippen molar-refractivity contribution < 1.29 is 9.53 Å². The average Bonchev–Trinajstić information content (AvgIpc) is 3.16. The van der Waals surface area contributed by atoms with Gasteiger partial charge in [-0.05, 0) is 24.3 Å². The zero-order chi connectivity index (χ0) is 18.4. The van der Waals surface area contributed by atoms with Crippen LogP contribution in [0.1, 0.15) is 0 Å². The highest BCUT2D eigenvalue weighted by Crippen LogP contribution is 2.35. The van der Waals surface area contributed by atoms with E-state index in [4.69, 9.17) is 9.84 Å². The number of fused-ring (bicyclic) bond motifs is 2. The summed E-state index contributed by atoms with van der Waals surface area (Å²) in [6.45, 7) is 0.0714. The summed E-state index contributed by atoms with van der Waals surface area (Å²) in [5.74, 6) is 0.640. The fraction of sp³-hybridized carbons (Fsp3) is 0.0952. The first-order valence-electron chi connectivity index (χ1n) is 8.65. The van der Waals surface area contributed by atoms with E-state index >= 15 is 0 Å². The van der Waals surface area contributed by atoms with Crippen LogP contribution in [0, 0.1) is 0 Å². The molecule has 0 atom stereocenters. The average molecular weight is 356 g/mol. The molecule has 0 fully saturated rings. The van der Waals surface area contributed by atoms with Gasteiger partial charge in [0.2, 0.25) is 0 Å². The van der Waals surface area contributed by atoms with Crippen molar-refractivity contribution in [2.75, 3.05) is 18.6 Å². The summed E-state index contributed by atoms with van der Waals surface area (Å²) >= 11 is 0. The lowest BCUT2D eigenvalue weighted by Gasteiger charge is -2.26. The van der Waals surface area contributed by atoms with Crippen molar-refractivity contribution in [2.24, 2.45) is 0 Å². The first-order chi connectivity index (χ1) is 13.2. The molecule has 132 valence electrons. The lowest BCUT2D eigenvalue weighted by atomic mass is 10.1. The molecule has 3 heterocycles. The number of aromatic nitrogens is 3. The predicted molar refractivity (Wildman–Crippen MR) is 103 cm³/mol. The van der Waals surface area contributed by atoms with Crippen LogP contribution in [0.4, 0.5) is 5.69 Å². The van der Waals surface area contributed by atoms with Gasteiger partial charge in [0.05, 0.1) is 17.1 Å². The summed E-state index contributed by atoms with van der Waals surface area (Å²) in [4.78, 5) is 18.0. The minimum atomic E-state index is -0.0648. The third-order valence-corrected chi connectivity index (χ3v) is 4.77. The van der Waals surface area contributed by atoms with Gasteiger partial charge >= 0.3 is 0 Å². The van der Waals surface area contributed by atoms with E-state index in [1.807, 2.05) is 65.2 Å². The summed E-state index contributed by atoms with van der Waals surface area (Å²) in [5, 5.41) is 4.75. The number of anilines is 1. The van der Waals surface area contributed by atoms with E-state index in [0.717, 1.165) is 33.8 Å². The Morgan fingerprint density at radius 2 is 1.85 bits per heavy atom. The second-order valence-electron chi connectivity index (χ2n) is 6.42. The number of amides is 1. The van der Waals surface area contributed by atoms with Gasteiger partial charge in [0.15, 0.2) is 12.3 Å². The SMILES string of the molecule is CN1C(=O)COc2ccc(-c3ccnc4cc(-c5ccccc5)nn34)cc21. The molecule has 1 aliphatic rings. The van der Waals surface area contributed by atoms with Gasteiger partial charge in [-0.15, -0.1) is 0 Å². The fourth-order valence-electron chi connectivity index (χ4n) is 3.30. The molecule has 2 aromatic heterocycles. The van der Waals surface area contributed by atoms with Gasteiger partial charge in [0.25, 0.3) is 5.91 Å². The van der Waals surface area contributed by atoms with Crippen LogP contribution in [-0.4, -0.2) is 34.2 Å². The number of carbonyl (C=O) groups excluding carboxylic acids is 1. The van der Waals surface area contributed by atoms with Crippen molar-refractivity contribution >= 4 is 17.2 Å². The molecule has 0 radical (unpaired) electrons. The van der Waals surface area contributed by atoms with Crippen LogP contribution in [0.5, 0.6) is 5.75 Å². The van der Waals surface area contributed by atoms with Crippen LogP contribution in [0.3, 0.4) is 0 Å². The minimum Gasteiger partial charge on any atom is -0.482 e. The number of hydrogen-bond acceptors (Lipinski definition) is 4. The highest BCUT2D eigenvalue weighted by atomic mass is 16.5. The molecule has 0 spiro atoms. The van der Waals surface area contributed by atoms with Gasteiger partial charge in [0, 0.05) is 30.4 Å². The number of likely N-dealkylation sites (N-methyl/N-ethyl adjacent to an activating group) is 1. The maximum Gasteiger partial charge on any atom is 0.264 e. The van der Waals surface area contributed by atoms with Gasteiger partial charge < -0.3 is 9.64 Å². The smallest absolute Gasteiger partial charge is 0.264 e. The van der Waals surface area contributed by atoms with Crippen LogP contribution in [0.25, 0.3) is 28.2 Å². The summed E-state index contributed by atoms with van der Waals surface area (Å²) in [5.41, 5.74) is 5.27. The Morgan fingerprint density at radius 3 is 2.70 bits per heavy atom. The molecule has 0 unspecified atom stereocenters.